The molecule has 3 rings (SSSR count). The number of nitrogens with one attached hydrogen (secondary N) is 2. The molecular formula is C21H21F3N2O3. The largest absolute Gasteiger partial charge is 0.481 e. The molecule has 29 heavy (non-hydrogen) atoms. The molecule has 8 heteroatoms. The summed E-state index contributed by atoms with van der Waals surface area (Å²) < 4.78 is 39.0. The molecule has 0 radical (unpaired) electrons. The topological polar surface area (TPSA) is 78.4 Å². The van der Waals surface area contributed by atoms with Crippen molar-refractivity contribution in [2.75, 3.05) is 10.6 Å². The van der Waals surface area contributed by atoms with Crippen LogP contribution in [0.2, 0.25) is 0 Å². The van der Waals surface area contributed by atoms with Crippen LogP contribution in [0.15, 0.2) is 48.5 Å². The molecule has 0 spiro atoms. The van der Waals surface area contributed by atoms with Crippen molar-refractivity contribution in [2.24, 2.45) is 5.92 Å². The highest BCUT2D eigenvalue weighted by Gasteiger charge is 2.33. The van der Waals surface area contributed by atoms with E-state index in [1.807, 2.05) is 12.1 Å². The van der Waals surface area contributed by atoms with Gasteiger partial charge in [0.05, 0.1) is 17.2 Å². The van der Waals surface area contributed by atoms with Gasteiger partial charge in [0.15, 0.2) is 0 Å². The van der Waals surface area contributed by atoms with Gasteiger partial charge in [0.2, 0.25) is 0 Å². The molecule has 2 aromatic carbocycles. The average Bonchev–Trinajstić information content (AvgIpc) is 2.68. The fraction of sp³-hybridized carbons (Fsp3) is 0.333. The van der Waals surface area contributed by atoms with E-state index in [1.165, 1.54) is 18.2 Å². The Hall–Kier alpha value is -3.03. The smallest absolute Gasteiger partial charge is 0.418 e. The summed E-state index contributed by atoms with van der Waals surface area (Å²) >= 11 is 0. The Morgan fingerprint density at radius 2 is 1.52 bits per heavy atom. The van der Waals surface area contributed by atoms with E-state index in [0.29, 0.717) is 18.5 Å². The number of hydrogen-bond acceptors (Lipinski definition) is 2. The van der Waals surface area contributed by atoms with E-state index in [4.69, 9.17) is 5.11 Å². The maximum absolute atomic E-state index is 13.0. The average molecular weight is 406 g/mol. The van der Waals surface area contributed by atoms with E-state index in [-0.39, 0.29) is 17.5 Å². The molecule has 154 valence electrons. The summed E-state index contributed by atoms with van der Waals surface area (Å²) in [6, 6.07) is 11.1. The Labute approximate surface area is 165 Å². The lowest BCUT2D eigenvalue weighted by molar-refractivity contribution is -0.143. The molecule has 0 aromatic heterocycles. The molecule has 3 N–H and O–H groups in total. The van der Waals surface area contributed by atoms with E-state index in [0.717, 1.165) is 24.5 Å². The van der Waals surface area contributed by atoms with Gasteiger partial charge in [-0.25, -0.2) is 4.79 Å². The molecule has 0 bridgehead atoms. The van der Waals surface area contributed by atoms with Crippen molar-refractivity contribution in [2.45, 2.75) is 37.8 Å². The van der Waals surface area contributed by atoms with Gasteiger partial charge >= 0.3 is 18.2 Å². The minimum atomic E-state index is -4.56. The summed E-state index contributed by atoms with van der Waals surface area (Å²) in [6.07, 6.45) is -1.70. The minimum absolute atomic E-state index is 0.270. The van der Waals surface area contributed by atoms with Crippen LogP contribution in [0.1, 0.15) is 42.7 Å². The van der Waals surface area contributed by atoms with Crippen molar-refractivity contribution in [3.63, 3.8) is 0 Å². The van der Waals surface area contributed by atoms with Crippen molar-refractivity contribution in [1.29, 1.82) is 0 Å². The highest BCUT2D eigenvalue weighted by molar-refractivity contribution is 6.00. The second-order valence-corrected chi connectivity index (χ2v) is 7.13. The standard InChI is InChI=1S/C21H21F3N2O3/c22-21(23,24)17-3-1-2-4-18(17)26-20(29)25-16-11-9-14(10-12-16)13-5-7-15(8-6-13)19(27)28/h1-4,9-13,15H,5-8H2,(H,27,28)(H2,25,26,29). The fourth-order valence-corrected chi connectivity index (χ4v) is 3.64. The zero-order valence-electron chi connectivity index (χ0n) is 15.5. The maximum atomic E-state index is 13.0. The summed E-state index contributed by atoms with van der Waals surface area (Å²) in [5.41, 5.74) is 0.281. The van der Waals surface area contributed by atoms with E-state index in [1.54, 1.807) is 12.1 Å². The Balaban J connectivity index is 1.59. The van der Waals surface area contributed by atoms with Crippen molar-refractivity contribution >= 4 is 23.4 Å². The number of aliphatic carboxylic acids is 1. The van der Waals surface area contributed by atoms with Gasteiger partial charge in [-0.1, -0.05) is 24.3 Å². The number of rotatable bonds is 4. The number of hydrogen-bond donors (Lipinski definition) is 3. The number of carbonyl (C=O) groups is 2. The number of urea groups is 1. The molecule has 2 aromatic rings. The van der Waals surface area contributed by atoms with Crippen molar-refractivity contribution in [3.05, 3.63) is 59.7 Å². The molecule has 0 atom stereocenters. The number of carbonyl (C=O) groups excluding carboxylic acids is 1. The number of amides is 2. The zero-order chi connectivity index (χ0) is 21.0. The Kier molecular flexibility index (Phi) is 6.10. The van der Waals surface area contributed by atoms with Gasteiger partial charge in [-0.05, 0) is 61.4 Å². The van der Waals surface area contributed by atoms with Crippen LogP contribution >= 0.6 is 0 Å². The van der Waals surface area contributed by atoms with Gasteiger partial charge in [-0.3, -0.25) is 4.79 Å². The Morgan fingerprint density at radius 1 is 0.897 bits per heavy atom. The fourth-order valence-electron chi connectivity index (χ4n) is 3.64. The Bertz CT molecular complexity index is 873. The predicted molar refractivity (Wildman–Crippen MR) is 103 cm³/mol. The number of anilines is 2. The van der Waals surface area contributed by atoms with Gasteiger partial charge in [-0.15, -0.1) is 0 Å². The van der Waals surface area contributed by atoms with Crippen molar-refractivity contribution in [1.82, 2.24) is 0 Å². The SMILES string of the molecule is O=C(Nc1ccc(C2CCC(C(=O)O)CC2)cc1)Nc1ccccc1C(F)(F)F. The molecular weight excluding hydrogens is 385 g/mol. The van der Waals surface area contributed by atoms with Gasteiger partial charge in [0.25, 0.3) is 0 Å². The van der Waals surface area contributed by atoms with Crippen LogP contribution in [0, 0.1) is 5.92 Å². The summed E-state index contributed by atoms with van der Waals surface area (Å²) in [5.74, 6) is -0.760. The van der Waals surface area contributed by atoms with E-state index < -0.39 is 23.7 Å². The van der Waals surface area contributed by atoms with Gasteiger partial charge in [0.1, 0.15) is 0 Å². The van der Waals surface area contributed by atoms with Crippen LogP contribution in [-0.2, 0) is 11.0 Å². The Morgan fingerprint density at radius 3 is 2.10 bits per heavy atom. The molecule has 1 fully saturated rings. The molecule has 0 heterocycles. The highest BCUT2D eigenvalue weighted by Crippen LogP contribution is 2.36. The third kappa shape index (κ3) is 5.28. The van der Waals surface area contributed by atoms with Gasteiger partial charge < -0.3 is 15.7 Å². The van der Waals surface area contributed by atoms with Gasteiger partial charge in [0, 0.05) is 5.69 Å². The molecule has 0 saturated heterocycles. The predicted octanol–water partition coefficient (Wildman–Crippen LogP) is 5.71. The second-order valence-electron chi connectivity index (χ2n) is 7.13. The molecule has 1 saturated carbocycles. The monoisotopic (exact) mass is 406 g/mol. The number of benzene rings is 2. The van der Waals surface area contributed by atoms with Crippen molar-refractivity contribution < 1.29 is 27.9 Å². The first-order chi connectivity index (χ1) is 13.7. The number of carboxylic acid groups (broad SMARTS) is 1. The number of alkyl halides is 3. The molecule has 1 aliphatic rings. The number of halogens is 3. The summed E-state index contributed by atoms with van der Waals surface area (Å²) in [4.78, 5) is 23.1. The first-order valence-corrected chi connectivity index (χ1v) is 9.31. The summed E-state index contributed by atoms with van der Waals surface area (Å²) in [5, 5.41) is 13.8. The third-order valence-corrected chi connectivity index (χ3v) is 5.20. The van der Waals surface area contributed by atoms with Crippen LogP contribution in [0.3, 0.4) is 0 Å². The molecule has 0 unspecified atom stereocenters. The molecule has 1 aliphatic carbocycles. The summed E-state index contributed by atoms with van der Waals surface area (Å²) in [7, 11) is 0. The van der Waals surface area contributed by atoms with Crippen LogP contribution < -0.4 is 10.6 Å². The number of carboxylic acids is 1. The summed E-state index contributed by atoms with van der Waals surface area (Å²) in [6.45, 7) is 0. The van der Waals surface area contributed by atoms with Crippen LogP contribution in [0.4, 0.5) is 29.3 Å². The third-order valence-electron chi connectivity index (χ3n) is 5.20. The normalized spacial score (nSPS) is 19.4. The quantitative estimate of drug-likeness (QED) is 0.609. The van der Waals surface area contributed by atoms with Crippen LogP contribution in [0.25, 0.3) is 0 Å². The van der Waals surface area contributed by atoms with E-state index >= 15 is 0 Å². The first-order valence-electron chi connectivity index (χ1n) is 9.31. The lowest BCUT2D eigenvalue weighted by atomic mass is 9.79. The number of para-hydroxylation sites is 1. The van der Waals surface area contributed by atoms with Crippen LogP contribution in [-0.4, -0.2) is 17.1 Å². The van der Waals surface area contributed by atoms with Crippen molar-refractivity contribution in [3.8, 4) is 0 Å². The second kappa shape index (κ2) is 8.55. The van der Waals surface area contributed by atoms with E-state index in [2.05, 4.69) is 10.6 Å². The lowest BCUT2D eigenvalue weighted by Crippen LogP contribution is -2.22. The lowest BCUT2D eigenvalue weighted by Gasteiger charge is -2.26. The zero-order valence-corrected chi connectivity index (χ0v) is 15.5. The molecule has 2 amide bonds. The van der Waals surface area contributed by atoms with E-state index in [9.17, 15) is 22.8 Å². The van der Waals surface area contributed by atoms with Gasteiger partial charge in [-0.2, -0.15) is 13.2 Å². The minimum Gasteiger partial charge on any atom is -0.481 e. The maximum Gasteiger partial charge on any atom is 0.418 e. The first kappa shape index (κ1) is 20.7. The van der Waals surface area contributed by atoms with Crippen LogP contribution in [0.5, 0.6) is 0 Å². The molecule has 5 nitrogen and oxygen atoms in total. The highest BCUT2D eigenvalue weighted by atomic mass is 19.4. The molecule has 0 aliphatic heterocycles.